The summed E-state index contributed by atoms with van der Waals surface area (Å²) in [5.41, 5.74) is 2.93. The third kappa shape index (κ3) is 2.94. The van der Waals surface area contributed by atoms with Crippen LogP contribution in [0.1, 0.15) is 43.7 Å². The molecular formula is C15H22N+. The lowest BCUT2D eigenvalue weighted by Gasteiger charge is -2.11. The second kappa shape index (κ2) is 5.83. The summed E-state index contributed by atoms with van der Waals surface area (Å²) in [6, 6.07) is 8.76. The highest BCUT2D eigenvalue weighted by Gasteiger charge is 2.14. The van der Waals surface area contributed by atoms with Crippen LogP contribution in [0.4, 0.5) is 0 Å². The number of fused-ring (bicyclic) bond motifs is 1. The van der Waals surface area contributed by atoms with E-state index in [1.165, 1.54) is 56.3 Å². The van der Waals surface area contributed by atoms with Crippen LogP contribution < -0.4 is 0 Å². The molecule has 0 fully saturated rings. The average molecular weight is 216 g/mol. The standard InChI is InChI=1S/C15H22N/c1-2-3-4-7-11-16-12-10-14-8-5-6-9-15(14)13-16/h5-6,8-9,13H,2-4,7,10-12H2,1H3/q+1. The van der Waals surface area contributed by atoms with E-state index in [2.05, 4.69) is 42.0 Å². The van der Waals surface area contributed by atoms with Crippen molar-refractivity contribution in [2.24, 2.45) is 0 Å². The minimum Gasteiger partial charge on any atom is -0.235 e. The van der Waals surface area contributed by atoms with Crippen molar-refractivity contribution in [3.8, 4) is 0 Å². The fraction of sp³-hybridized carbons (Fsp3) is 0.533. The van der Waals surface area contributed by atoms with Crippen molar-refractivity contribution < 1.29 is 4.58 Å². The van der Waals surface area contributed by atoms with Crippen molar-refractivity contribution in [3.63, 3.8) is 0 Å². The first-order valence-electron chi connectivity index (χ1n) is 6.57. The fourth-order valence-corrected chi connectivity index (χ4v) is 2.33. The van der Waals surface area contributed by atoms with Gasteiger partial charge in [-0.2, -0.15) is 0 Å². The van der Waals surface area contributed by atoms with Gasteiger partial charge < -0.3 is 0 Å². The van der Waals surface area contributed by atoms with Gasteiger partial charge in [0.15, 0.2) is 6.21 Å². The predicted molar refractivity (Wildman–Crippen MR) is 69.4 cm³/mol. The third-order valence-electron chi connectivity index (χ3n) is 3.34. The summed E-state index contributed by atoms with van der Waals surface area (Å²) >= 11 is 0. The van der Waals surface area contributed by atoms with Gasteiger partial charge in [-0.3, -0.25) is 0 Å². The zero-order chi connectivity index (χ0) is 11.2. The molecule has 1 aliphatic rings. The van der Waals surface area contributed by atoms with Crippen LogP contribution in [0.15, 0.2) is 24.3 Å². The van der Waals surface area contributed by atoms with Crippen LogP contribution in [0.5, 0.6) is 0 Å². The molecule has 0 bridgehead atoms. The zero-order valence-corrected chi connectivity index (χ0v) is 10.3. The van der Waals surface area contributed by atoms with Gasteiger partial charge in [0.05, 0.1) is 0 Å². The van der Waals surface area contributed by atoms with E-state index < -0.39 is 0 Å². The van der Waals surface area contributed by atoms with Gasteiger partial charge in [-0.05, 0) is 18.1 Å². The molecule has 0 saturated carbocycles. The molecule has 0 spiro atoms. The molecule has 2 rings (SSSR count). The molecule has 0 unspecified atom stereocenters. The van der Waals surface area contributed by atoms with Crippen molar-refractivity contribution in [1.82, 2.24) is 0 Å². The van der Waals surface area contributed by atoms with Crippen LogP contribution >= 0.6 is 0 Å². The smallest absolute Gasteiger partial charge is 0.170 e. The van der Waals surface area contributed by atoms with Crippen LogP contribution in [-0.2, 0) is 6.42 Å². The molecular weight excluding hydrogens is 194 g/mol. The fourth-order valence-electron chi connectivity index (χ4n) is 2.33. The number of unbranched alkanes of at least 4 members (excludes halogenated alkanes) is 3. The molecule has 0 saturated heterocycles. The van der Waals surface area contributed by atoms with E-state index in [1.807, 2.05) is 0 Å². The van der Waals surface area contributed by atoms with Crippen LogP contribution in [0, 0.1) is 0 Å². The second-order valence-electron chi connectivity index (χ2n) is 4.67. The van der Waals surface area contributed by atoms with Gasteiger partial charge in [-0.1, -0.05) is 38.0 Å². The molecule has 1 heterocycles. The lowest BCUT2D eigenvalue weighted by Crippen LogP contribution is -2.23. The Hall–Kier alpha value is -1.11. The molecule has 0 atom stereocenters. The lowest BCUT2D eigenvalue weighted by atomic mass is 10.0. The summed E-state index contributed by atoms with van der Waals surface area (Å²) in [4.78, 5) is 0. The van der Waals surface area contributed by atoms with Crippen LogP contribution in [-0.4, -0.2) is 23.9 Å². The molecule has 1 nitrogen and oxygen atoms in total. The first kappa shape index (κ1) is 11.4. The van der Waals surface area contributed by atoms with E-state index >= 15 is 0 Å². The Balaban J connectivity index is 1.91. The highest BCUT2D eigenvalue weighted by atomic mass is 15.0. The van der Waals surface area contributed by atoms with Gasteiger partial charge in [0.1, 0.15) is 13.1 Å². The highest BCUT2D eigenvalue weighted by Crippen LogP contribution is 2.11. The summed E-state index contributed by atoms with van der Waals surface area (Å²) in [6.07, 6.45) is 8.97. The number of hydrogen-bond donors (Lipinski definition) is 0. The molecule has 0 amide bonds. The Morgan fingerprint density at radius 2 is 2.00 bits per heavy atom. The molecule has 0 aliphatic carbocycles. The van der Waals surface area contributed by atoms with Gasteiger partial charge >= 0.3 is 0 Å². The maximum Gasteiger partial charge on any atom is 0.170 e. The normalized spacial score (nSPS) is 14.4. The Labute approximate surface area is 98.8 Å². The van der Waals surface area contributed by atoms with E-state index in [4.69, 9.17) is 0 Å². The molecule has 86 valence electrons. The topological polar surface area (TPSA) is 3.01 Å². The molecule has 1 aromatic carbocycles. The van der Waals surface area contributed by atoms with E-state index in [1.54, 1.807) is 0 Å². The number of rotatable bonds is 5. The lowest BCUT2D eigenvalue weighted by molar-refractivity contribution is -0.524. The summed E-state index contributed by atoms with van der Waals surface area (Å²) < 4.78 is 2.48. The second-order valence-corrected chi connectivity index (χ2v) is 4.67. The number of nitrogens with zero attached hydrogens (tertiary/aromatic N) is 1. The Morgan fingerprint density at radius 1 is 1.12 bits per heavy atom. The van der Waals surface area contributed by atoms with Gasteiger partial charge in [0.2, 0.25) is 0 Å². The molecule has 1 heteroatoms. The summed E-state index contributed by atoms with van der Waals surface area (Å²) in [6.45, 7) is 4.70. The quantitative estimate of drug-likeness (QED) is 0.525. The average Bonchev–Trinajstić information content (AvgIpc) is 2.34. The van der Waals surface area contributed by atoms with Crippen LogP contribution in [0.3, 0.4) is 0 Å². The van der Waals surface area contributed by atoms with Crippen LogP contribution in [0.25, 0.3) is 0 Å². The first-order chi connectivity index (χ1) is 7.90. The maximum absolute atomic E-state index is 2.48. The number of benzene rings is 1. The van der Waals surface area contributed by atoms with Crippen molar-refractivity contribution in [2.45, 2.75) is 39.0 Å². The minimum absolute atomic E-state index is 1.20. The van der Waals surface area contributed by atoms with E-state index in [0.29, 0.717) is 0 Å². The molecule has 16 heavy (non-hydrogen) atoms. The third-order valence-corrected chi connectivity index (χ3v) is 3.34. The van der Waals surface area contributed by atoms with Gasteiger partial charge in [-0.25, -0.2) is 4.58 Å². The molecule has 0 N–H and O–H groups in total. The Morgan fingerprint density at radius 3 is 2.88 bits per heavy atom. The molecule has 0 radical (unpaired) electrons. The van der Waals surface area contributed by atoms with Crippen molar-refractivity contribution in [2.75, 3.05) is 13.1 Å². The first-order valence-corrected chi connectivity index (χ1v) is 6.57. The highest BCUT2D eigenvalue weighted by molar-refractivity contribution is 5.78. The zero-order valence-electron chi connectivity index (χ0n) is 10.3. The van der Waals surface area contributed by atoms with Gasteiger partial charge in [-0.15, -0.1) is 0 Å². The summed E-state index contributed by atoms with van der Waals surface area (Å²) in [5, 5.41) is 0. The molecule has 0 aromatic heterocycles. The van der Waals surface area contributed by atoms with E-state index in [-0.39, 0.29) is 0 Å². The molecule has 1 aliphatic heterocycles. The van der Waals surface area contributed by atoms with Crippen LogP contribution in [0.2, 0.25) is 0 Å². The largest absolute Gasteiger partial charge is 0.235 e. The van der Waals surface area contributed by atoms with Crippen molar-refractivity contribution in [3.05, 3.63) is 35.4 Å². The van der Waals surface area contributed by atoms with Gasteiger partial charge in [0.25, 0.3) is 0 Å². The van der Waals surface area contributed by atoms with Gasteiger partial charge in [0, 0.05) is 18.4 Å². The minimum atomic E-state index is 1.20. The van der Waals surface area contributed by atoms with Crippen molar-refractivity contribution in [1.29, 1.82) is 0 Å². The van der Waals surface area contributed by atoms with Crippen molar-refractivity contribution >= 4 is 6.21 Å². The van der Waals surface area contributed by atoms with E-state index in [9.17, 15) is 0 Å². The Bertz CT molecular complexity index is 365. The summed E-state index contributed by atoms with van der Waals surface area (Å²) in [5.74, 6) is 0. The SMILES string of the molecule is CCCCCC[N+]1=Cc2ccccc2CC1. The molecule has 1 aromatic rings. The summed E-state index contributed by atoms with van der Waals surface area (Å²) in [7, 11) is 0. The maximum atomic E-state index is 2.48. The number of hydrogen-bond acceptors (Lipinski definition) is 0. The predicted octanol–water partition coefficient (Wildman–Crippen LogP) is 3.25. The monoisotopic (exact) mass is 216 g/mol. The van der Waals surface area contributed by atoms with E-state index in [0.717, 1.165) is 0 Å². The Kier molecular flexibility index (Phi) is 4.15.